The summed E-state index contributed by atoms with van der Waals surface area (Å²) < 4.78 is 0. The lowest BCUT2D eigenvalue weighted by Crippen LogP contribution is -2.38. The van der Waals surface area contributed by atoms with Crippen LogP contribution in [-0.4, -0.2) is 116 Å². The second-order valence-corrected chi connectivity index (χ2v) is 4.55. The van der Waals surface area contributed by atoms with E-state index in [4.69, 9.17) is 30.6 Å². The Bertz CT molecular complexity index is 426. The average molecular weight is 368 g/mol. The van der Waals surface area contributed by atoms with Crippen LogP contribution in [0.4, 0.5) is 0 Å². The molecule has 0 bridgehead atoms. The van der Waals surface area contributed by atoms with Crippen molar-refractivity contribution < 1.29 is 54.6 Å². The highest BCUT2D eigenvalue weighted by Gasteiger charge is 2.15. The number of hydrogen-bond donors (Lipinski definition) is 6. The number of nitrogens with zero attached hydrogens (tertiary/aromatic N) is 2. The van der Waals surface area contributed by atoms with Crippen LogP contribution in [0.15, 0.2) is 0 Å². The summed E-state index contributed by atoms with van der Waals surface area (Å²) in [6.45, 7) is -2.73. The summed E-state index contributed by atoms with van der Waals surface area (Å²) in [7, 11) is 0. The Morgan fingerprint density at radius 2 is 0.760 bits per heavy atom. The first-order valence-electron chi connectivity index (χ1n) is 6.62. The lowest BCUT2D eigenvalue weighted by Gasteiger charge is -2.15. The Balaban J connectivity index is 0. The van der Waals surface area contributed by atoms with Crippen molar-refractivity contribution in [2.45, 2.75) is 0 Å². The molecule has 0 atom stereocenters. The molecule has 0 aromatic rings. The fraction of sp³-hybridized carbons (Fsp3) is 0.583. The molecule has 13 heteroatoms. The molecule has 0 aliphatic carbocycles. The molecule has 0 aliphatic heterocycles. The number of carboxylic acids is 5. The minimum atomic E-state index is -1.26. The summed E-state index contributed by atoms with van der Waals surface area (Å²) in [5, 5.41) is 49.9. The first kappa shape index (κ1) is 24.5. The quantitative estimate of drug-likeness (QED) is 0.203. The largest absolute Gasteiger partial charge is 0.480 e. The topological polar surface area (TPSA) is 213 Å². The summed E-state index contributed by atoms with van der Waals surface area (Å²) in [6.07, 6.45) is 0. The molecule has 0 spiro atoms. The minimum Gasteiger partial charge on any atom is -0.480 e. The molecule has 0 radical (unpaired) electrons. The van der Waals surface area contributed by atoms with Gasteiger partial charge in [-0.25, -0.2) is 0 Å². The molecule has 0 saturated carbocycles. The van der Waals surface area contributed by atoms with Crippen molar-refractivity contribution in [3.05, 3.63) is 0 Å². The van der Waals surface area contributed by atoms with Gasteiger partial charge >= 0.3 is 29.8 Å². The Labute approximate surface area is 141 Å². The standard InChI is InChI=1S/C6H9NO6.C6H11NO5/c8-4(9)1-7(2-5(10)11)3-6(12)13;8-2-1-7(3-5(9)10)4-6(11)12/h1-3H2,(H,8,9)(H,10,11)(H,12,13);8H,1-4H2,(H,9,10)(H,11,12). The molecule has 0 unspecified atom stereocenters. The third-order valence-electron chi connectivity index (χ3n) is 2.21. The van der Waals surface area contributed by atoms with E-state index in [1.165, 1.54) is 0 Å². The first-order valence-corrected chi connectivity index (χ1v) is 6.62. The normalized spacial score (nSPS) is 10.0. The highest BCUT2D eigenvalue weighted by Crippen LogP contribution is 1.88. The van der Waals surface area contributed by atoms with Crippen molar-refractivity contribution in [2.75, 3.05) is 45.9 Å². The van der Waals surface area contributed by atoms with Gasteiger partial charge in [-0.15, -0.1) is 0 Å². The van der Waals surface area contributed by atoms with Crippen molar-refractivity contribution in [3.8, 4) is 0 Å². The third kappa shape index (κ3) is 19.2. The second kappa shape index (κ2) is 13.6. The summed E-state index contributed by atoms with van der Waals surface area (Å²) in [6, 6.07) is 0. The molecule has 0 saturated heterocycles. The zero-order chi connectivity index (χ0) is 20.0. The summed E-state index contributed by atoms with van der Waals surface area (Å²) in [4.78, 5) is 52.7. The van der Waals surface area contributed by atoms with Crippen LogP contribution in [0.3, 0.4) is 0 Å². The summed E-state index contributed by atoms with van der Waals surface area (Å²) in [5.41, 5.74) is 0. The molecule has 144 valence electrons. The van der Waals surface area contributed by atoms with Crippen LogP contribution >= 0.6 is 0 Å². The lowest BCUT2D eigenvalue weighted by atomic mass is 10.4. The monoisotopic (exact) mass is 368 g/mol. The maximum atomic E-state index is 10.1. The summed E-state index contributed by atoms with van der Waals surface area (Å²) in [5.74, 6) is -6.00. The van der Waals surface area contributed by atoms with Gasteiger partial charge in [0.25, 0.3) is 0 Å². The van der Waals surface area contributed by atoms with Crippen molar-refractivity contribution in [1.82, 2.24) is 9.80 Å². The third-order valence-corrected chi connectivity index (χ3v) is 2.21. The van der Waals surface area contributed by atoms with Gasteiger partial charge in [0.1, 0.15) is 0 Å². The molecule has 25 heavy (non-hydrogen) atoms. The van der Waals surface area contributed by atoms with E-state index in [2.05, 4.69) is 0 Å². The molecule has 0 heterocycles. The van der Waals surface area contributed by atoms with Crippen LogP contribution in [-0.2, 0) is 24.0 Å². The molecule has 0 fully saturated rings. The number of carbonyl (C=O) groups is 5. The maximum Gasteiger partial charge on any atom is 0.317 e. The average Bonchev–Trinajstić information content (AvgIpc) is 2.35. The fourth-order valence-corrected chi connectivity index (χ4v) is 1.48. The van der Waals surface area contributed by atoms with Crippen LogP contribution in [0.1, 0.15) is 0 Å². The molecule has 13 nitrogen and oxygen atoms in total. The SMILES string of the molecule is O=C(O)CN(CC(=O)O)CC(=O)O.O=C(O)CN(CCO)CC(=O)O. The van der Waals surface area contributed by atoms with Gasteiger partial charge in [0, 0.05) is 6.54 Å². The van der Waals surface area contributed by atoms with Gasteiger partial charge < -0.3 is 30.6 Å². The van der Waals surface area contributed by atoms with Gasteiger partial charge in [-0.1, -0.05) is 0 Å². The van der Waals surface area contributed by atoms with Crippen LogP contribution in [0.2, 0.25) is 0 Å². The number of aliphatic hydroxyl groups is 1. The molecule has 0 rings (SSSR count). The van der Waals surface area contributed by atoms with E-state index < -0.39 is 49.5 Å². The van der Waals surface area contributed by atoms with Gasteiger partial charge in [0.15, 0.2) is 0 Å². The van der Waals surface area contributed by atoms with E-state index in [0.717, 1.165) is 9.80 Å². The van der Waals surface area contributed by atoms with E-state index in [0.29, 0.717) is 0 Å². The van der Waals surface area contributed by atoms with Crippen LogP contribution < -0.4 is 0 Å². The molecule has 0 aromatic heterocycles. The predicted octanol–water partition coefficient (Wildman–Crippen LogP) is -3.01. The fourth-order valence-electron chi connectivity index (χ4n) is 1.48. The van der Waals surface area contributed by atoms with Crippen molar-refractivity contribution in [2.24, 2.45) is 0 Å². The van der Waals surface area contributed by atoms with Crippen LogP contribution in [0, 0.1) is 0 Å². The lowest BCUT2D eigenvalue weighted by molar-refractivity contribution is -0.146. The molecule has 0 amide bonds. The van der Waals surface area contributed by atoms with Crippen molar-refractivity contribution >= 4 is 29.8 Å². The molecule has 0 aromatic carbocycles. The van der Waals surface area contributed by atoms with E-state index in [9.17, 15) is 24.0 Å². The van der Waals surface area contributed by atoms with Gasteiger partial charge in [-0.05, 0) is 0 Å². The molecular formula is C12H20N2O11. The Morgan fingerprint density at radius 3 is 0.960 bits per heavy atom. The molecule has 0 aliphatic rings. The second-order valence-electron chi connectivity index (χ2n) is 4.55. The number of carboxylic acid groups (broad SMARTS) is 5. The Hall–Kier alpha value is -2.77. The van der Waals surface area contributed by atoms with Crippen molar-refractivity contribution in [3.63, 3.8) is 0 Å². The zero-order valence-corrected chi connectivity index (χ0v) is 13.1. The number of aliphatic carboxylic acids is 5. The Kier molecular flexibility index (Phi) is 13.4. The number of rotatable bonds is 12. The zero-order valence-electron chi connectivity index (χ0n) is 13.1. The highest BCUT2D eigenvalue weighted by atomic mass is 16.4. The van der Waals surface area contributed by atoms with Crippen molar-refractivity contribution in [1.29, 1.82) is 0 Å². The molecular weight excluding hydrogens is 348 g/mol. The van der Waals surface area contributed by atoms with E-state index in [1.807, 2.05) is 0 Å². The summed E-state index contributed by atoms with van der Waals surface area (Å²) >= 11 is 0. The Morgan fingerprint density at radius 1 is 0.520 bits per heavy atom. The number of aliphatic hydroxyl groups excluding tert-OH is 1. The minimum absolute atomic E-state index is 0.0542. The van der Waals surface area contributed by atoms with Gasteiger partial charge in [-0.2, -0.15) is 0 Å². The van der Waals surface area contributed by atoms with Gasteiger partial charge in [0.05, 0.1) is 39.3 Å². The predicted molar refractivity (Wildman–Crippen MR) is 78.1 cm³/mol. The van der Waals surface area contributed by atoms with Crippen LogP contribution in [0.25, 0.3) is 0 Å². The highest BCUT2D eigenvalue weighted by molar-refractivity contribution is 5.75. The van der Waals surface area contributed by atoms with E-state index in [-0.39, 0.29) is 26.2 Å². The van der Waals surface area contributed by atoms with E-state index in [1.54, 1.807) is 0 Å². The van der Waals surface area contributed by atoms with E-state index >= 15 is 0 Å². The smallest absolute Gasteiger partial charge is 0.317 e. The first-order chi connectivity index (χ1) is 11.5. The van der Waals surface area contributed by atoms with Gasteiger partial charge in [-0.3, -0.25) is 33.8 Å². The van der Waals surface area contributed by atoms with Gasteiger partial charge in [0.2, 0.25) is 0 Å². The maximum absolute atomic E-state index is 10.1. The number of hydrogen-bond acceptors (Lipinski definition) is 8. The molecule has 6 N–H and O–H groups in total. The van der Waals surface area contributed by atoms with Crippen LogP contribution in [0.5, 0.6) is 0 Å².